The van der Waals surface area contributed by atoms with E-state index < -0.39 is 63.8 Å². The van der Waals surface area contributed by atoms with Gasteiger partial charge in [0.2, 0.25) is 0 Å². The van der Waals surface area contributed by atoms with Gasteiger partial charge in [-0.25, -0.2) is 0 Å². The summed E-state index contributed by atoms with van der Waals surface area (Å²) >= 11 is 1.30. The third-order valence-corrected chi connectivity index (χ3v) is 8.38. The molecule has 230 valence electrons. The van der Waals surface area contributed by atoms with Crippen molar-refractivity contribution in [3.05, 3.63) is 29.8 Å². The summed E-state index contributed by atoms with van der Waals surface area (Å²) in [5.74, 6) is -2.06. The molecular weight excluding hydrogens is 580 g/mol. The highest BCUT2D eigenvalue weighted by Gasteiger charge is 2.52. The Balaban J connectivity index is 1.95. The number of carbonyl (C=O) groups excluding carboxylic acids is 4. The van der Waals surface area contributed by atoms with Crippen LogP contribution >= 0.6 is 11.8 Å². The van der Waals surface area contributed by atoms with Crippen molar-refractivity contribution >= 4 is 45.8 Å². The quantitative estimate of drug-likeness (QED) is 0.122. The van der Waals surface area contributed by atoms with E-state index in [-0.39, 0.29) is 18.1 Å². The van der Waals surface area contributed by atoms with Crippen molar-refractivity contribution in [2.45, 2.75) is 95.0 Å². The van der Waals surface area contributed by atoms with Crippen LogP contribution in [-0.2, 0) is 57.2 Å². The molecule has 1 saturated heterocycles. The second kappa shape index (κ2) is 16.7. The largest absolute Gasteiger partial charge is 0.463 e. The summed E-state index contributed by atoms with van der Waals surface area (Å²) in [4.78, 5) is 47.2. The maximum Gasteiger partial charge on any atom is 0.303 e. The molecule has 0 aromatic heterocycles. The number of aryl methyl sites for hydroxylation is 1. The second-order valence-electron chi connectivity index (χ2n) is 9.44. The average molecular weight is 619 g/mol. The maximum absolute atomic E-state index is 12.3. The lowest BCUT2D eigenvalue weighted by Crippen LogP contribution is -2.61. The van der Waals surface area contributed by atoms with E-state index in [1.165, 1.54) is 51.6 Å². The first kappa shape index (κ1) is 34.5. The zero-order chi connectivity index (χ0) is 30.6. The Morgan fingerprint density at radius 1 is 0.780 bits per heavy atom. The molecule has 0 radical (unpaired) electrons. The van der Waals surface area contributed by atoms with Gasteiger partial charge in [-0.05, 0) is 37.7 Å². The fourth-order valence-corrected chi connectivity index (χ4v) is 6.19. The molecule has 5 atom stereocenters. The number of hydrogen-bond donors (Lipinski definition) is 0. The molecule has 41 heavy (non-hydrogen) atoms. The van der Waals surface area contributed by atoms with Gasteiger partial charge in [-0.1, -0.05) is 30.5 Å². The lowest BCUT2D eigenvalue weighted by molar-refractivity contribution is -0.237. The summed E-state index contributed by atoms with van der Waals surface area (Å²) in [7, 11) is -3.81. The van der Waals surface area contributed by atoms with E-state index in [0.717, 1.165) is 12.0 Å². The van der Waals surface area contributed by atoms with E-state index in [9.17, 15) is 27.6 Å². The number of unbranched alkanes of at least 4 members (excludes halogenated alkanes) is 3. The molecule has 0 amide bonds. The van der Waals surface area contributed by atoms with Crippen LogP contribution in [0.4, 0.5) is 0 Å². The smallest absolute Gasteiger partial charge is 0.303 e. The fraction of sp³-hybridized carbons (Fsp3) is 0.630. The van der Waals surface area contributed by atoms with Crippen molar-refractivity contribution in [2.24, 2.45) is 0 Å². The Hall–Kier alpha value is -2.68. The molecule has 14 heteroatoms. The summed E-state index contributed by atoms with van der Waals surface area (Å²) in [6.45, 7) is 6.39. The molecule has 0 saturated carbocycles. The molecule has 0 unspecified atom stereocenters. The van der Waals surface area contributed by atoms with Gasteiger partial charge >= 0.3 is 23.9 Å². The molecule has 0 spiro atoms. The Kier molecular flexibility index (Phi) is 14.0. The standard InChI is InChI=1S/C27H38O12S2/c1-17-10-12-22(13-11-17)41(32,33)35-14-8-6-7-9-15-40-27-26(38-21(5)31)25(37-20(4)30)24(36-19(3)29)23(39-27)16-34-18(2)28/h10-13,23-27H,6-9,14-16H2,1-5H3/t23-,24-,25+,26-,27+/m1/s1. The molecule has 1 aliphatic heterocycles. The molecule has 1 aromatic carbocycles. The van der Waals surface area contributed by atoms with Gasteiger partial charge in [-0.3, -0.25) is 23.4 Å². The molecule has 12 nitrogen and oxygen atoms in total. The van der Waals surface area contributed by atoms with Crippen LogP contribution in [0.5, 0.6) is 0 Å². The predicted octanol–water partition coefficient (Wildman–Crippen LogP) is 3.08. The normalized spacial score (nSPS) is 22.4. The highest BCUT2D eigenvalue weighted by molar-refractivity contribution is 7.99. The van der Waals surface area contributed by atoms with Crippen molar-refractivity contribution in [1.29, 1.82) is 0 Å². The first-order valence-corrected chi connectivity index (χ1v) is 15.6. The SMILES string of the molecule is CC(=O)OC[C@H]1O[C@@H](SCCCCCCOS(=O)(=O)c2ccc(C)cc2)[C@H](OC(C)=O)[C@@H](OC(C)=O)[C@@H]1OC(C)=O. The van der Waals surface area contributed by atoms with Crippen LogP contribution in [0.15, 0.2) is 29.2 Å². The molecule has 0 aliphatic carbocycles. The fourth-order valence-electron chi connectivity index (χ4n) is 4.02. The highest BCUT2D eigenvalue weighted by atomic mass is 32.2. The number of esters is 4. The van der Waals surface area contributed by atoms with Crippen molar-refractivity contribution in [1.82, 2.24) is 0 Å². The van der Waals surface area contributed by atoms with E-state index in [2.05, 4.69) is 0 Å². The number of rotatable bonds is 15. The van der Waals surface area contributed by atoms with Crippen LogP contribution in [0.2, 0.25) is 0 Å². The summed E-state index contributed by atoms with van der Waals surface area (Å²) in [6, 6.07) is 6.43. The average Bonchev–Trinajstić information content (AvgIpc) is 2.87. The molecule has 0 bridgehead atoms. The highest BCUT2D eigenvalue weighted by Crippen LogP contribution is 2.35. The minimum atomic E-state index is -3.81. The third-order valence-electron chi connectivity index (χ3n) is 5.82. The van der Waals surface area contributed by atoms with E-state index in [0.29, 0.717) is 25.0 Å². The van der Waals surface area contributed by atoms with Crippen LogP contribution in [0.1, 0.15) is 58.9 Å². The third kappa shape index (κ3) is 12.0. The lowest BCUT2D eigenvalue weighted by atomic mass is 9.99. The Morgan fingerprint density at radius 3 is 1.93 bits per heavy atom. The van der Waals surface area contributed by atoms with Gasteiger partial charge in [0.25, 0.3) is 10.1 Å². The van der Waals surface area contributed by atoms with Crippen LogP contribution in [0.25, 0.3) is 0 Å². The Morgan fingerprint density at radius 2 is 1.34 bits per heavy atom. The molecule has 1 aliphatic rings. The minimum absolute atomic E-state index is 0.0586. The maximum atomic E-state index is 12.3. The Labute approximate surface area is 244 Å². The number of benzene rings is 1. The minimum Gasteiger partial charge on any atom is -0.463 e. The van der Waals surface area contributed by atoms with Crippen molar-refractivity contribution < 1.29 is 55.5 Å². The molecular formula is C27H38O12S2. The van der Waals surface area contributed by atoms with Gasteiger partial charge in [0.05, 0.1) is 11.5 Å². The molecule has 1 fully saturated rings. The van der Waals surface area contributed by atoms with Crippen LogP contribution in [0, 0.1) is 6.92 Å². The van der Waals surface area contributed by atoms with E-state index in [4.69, 9.17) is 27.9 Å². The van der Waals surface area contributed by atoms with Crippen molar-refractivity contribution in [3.8, 4) is 0 Å². The van der Waals surface area contributed by atoms with E-state index in [1.54, 1.807) is 12.1 Å². The van der Waals surface area contributed by atoms with Gasteiger partial charge in [0.15, 0.2) is 18.3 Å². The van der Waals surface area contributed by atoms with Gasteiger partial charge in [0.1, 0.15) is 18.1 Å². The van der Waals surface area contributed by atoms with Crippen molar-refractivity contribution in [3.63, 3.8) is 0 Å². The number of thioether (sulfide) groups is 1. The summed E-state index contributed by atoms with van der Waals surface area (Å²) in [5.41, 5.74) is 0.129. The van der Waals surface area contributed by atoms with Crippen LogP contribution < -0.4 is 0 Å². The number of ether oxygens (including phenoxy) is 5. The zero-order valence-electron chi connectivity index (χ0n) is 23.9. The number of hydrogen-bond acceptors (Lipinski definition) is 13. The monoisotopic (exact) mass is 618 g/mol. The van der Waals surface area contributed by atoms with Crippen LogP contribution in [0.3, 0.4) is 0 Å². The molecule has 2 rings (SSSR count). The summed E-state index contributed by atoms with van der Waals surface area (Å²) in [6.07, 6.45) is -1.75. The first-order valence-electron chi connectivity index (χ1n) is 13.2. The van der Waals surface area contributed by atoms with Crippen LogP contribution in [-0.4, -0.2) is 81.1 Å². The topological polar surface area (TPSA) is 158 Å². The molecule has 1 aromatic rings. The second-order valence-corrected chi connectivity index (χ2v) is 12.3. The zero-order valence-corrected chi connectivity index (χ0v) is 25.5. The summed E-state index contributed by atoms with van der Waals surface area (Å²) in [5, 5.41) is 0. The molecule has 0 N–H and O–H groups in total. The first-order chi connectivity index (χ1) is 19.3. The van der Waals surface area contributed by atoms with E-state index in [1.807, 2.05) is 6.92 Å². The lowest BCUT2D eigenvalue weighted by Gasteiger charge is -2.44. The van der Waals surface area contributed by atoms with Gasteiger partial charge in [0, 0.05) is 27.7 Å². The molecule has 1 heterocycles. The summed E-state index contributed by atoms with van der Waals surface area (Å²) < 4.78 is 57.1. The van der Waals surface area contributed by atoms with Gasteiger partial charge in [-0.15, -0.1) is 11.8 Å². The van der Waals surface area contributed by atoms with E-state index >= 15 is 0 Å². The van der Waals surface area contributed by atoms with Gasteiger partial charge < -0.3 is 23.7 Å². The van der Waals surface area contributed by atoms with Crippen molar-refractivity contribution in [2.75, 3.05) is 19.0 Å². The van der Waals surface area contributed by atoms with Gasteiger partial charge in [-0.2, -0.15) is 8.42 Å². The predicted molar refractivity (Wildman–Crippen MR) is 147 cm³/mol. The number of carbonyl (C=O) groups is 4. The Bertz CT molecular complexity index is 1140.